The average Bonchev–Trinajstić information content (AvgIpc) is 2.28. The van der Waals surface area contributed by atoms with Crippen LogP contribution in [0.2, 0.25) is 0 Å². The quantitative estimate of drug-likeness (QED) is 0.608. The second-order valence-electron chi connectivity index (χ2n) is 3.88. The fourth-order valence-electron chi connectivity index (χ4n) is 1.11. The van der Waals surface area contributed by atoms with E-state index < -0.39 is 11.9 Å². The summed E-state index contributed by atoms with van der Waals surface area (Å²) in [4.78, 5) is 22.2. The van der Waals surface area contributed by atoms with E-state index in [0.29, 0.717) is 12.5 Å². The van der Waals surface area contributed by atoms with E-state index in [2.05, 4.69) is 4.74 Å². The highest BCUT2D eigenvalue weighted by Crippen LogP contribution is 2.10. The first-order valence-corrected chi connectivity index (χ1v) is 5.94. The van der Waals surface area contributed by atoms with Gasteiger partial charge in [0.1, 0.15) is 19.3 Å². The van der Waals surface area contributed by atoms with E-state index in [0.717, 1.165) is 6.42 Å². The topological polar surface area (TPSA) is 61.8 Å². The Morgan fingerprint density at radius 2 is 1.65 bits per heavy atom. The molecule has 0 aliphatic rings. The summed E-state index contributed by atoms with van der Waals surface area (Å²) in [6.07, 6.45) is 0.802. The van der Waals surface area contributed by atoms with Crippen LogP contribution < -0.4 is 0 Å². The average molecular weight is 246 g/mol. The SMILES string of the molecule is CCOC(=O)COCC(=O)OC(C)C(C)CC. The maximum atomic E-state index is 11.3. The third-order valence-corrected chi connectivity index (χ3v) is 2.51. The van der Waals surface area contributed by atoms with Crippen LogP contribution in [0.4, 0.5) is 0 Å². The van der Waals surface area contributed by atoms with Gasteiger partial charge in [-0.15, -0.1) is 0 Å². The molecule has 0 heterocycles. The molecule has 5 nitrogen and oxygen atoms in total. The van der Waals surface area contributed by atoms with E-state index >= 15 is 0 Å². The van der Waals surface area contributed by atoms with Crippen LogP contribution in [0.3, 0.4) is 0 Å². The van der Waals surface area contributed by atoms with E-state index in [1.54, 1.807) is 6.92 Å². The van der Waals surface area contributed by atoms with E-state index in [9.17, 15) is 9.59 Å². The van der Waals surface area contributed by atoms with Gasteiger partial charge in [-0.3, -0.25) is 0 Å². The molecule has 0 aromatic carbocycles. The van der Waals surface area contributed by atoms with Crippen molar-refractivity contribution in [3.8, 4) is 0 Å². The van der Waals surface area contributed by atoms with Crippen molar-refractivity contribution in [3.63, 3.8) is 0 Å². The Hall–Kier alpha value is -1.10. The van der Waals surface area contributed by atoms with Gasteiger partial charge in [0.15, 0.2) is 0 Å². The van der Waals surface area contributed by atoms with Crippen molar-refractivity contribution in [2.45, 2.75) is 40.2 Å². The van der Waals surface area contributed by atoms with E-state index in [-0.39, 0.29) is 19.3 Å². The maximum Gasteiger partial charge on any atom is 0.332 e. The van der Waals surface area contributed by atoms with Crippen molar-refractivity contribution in [3.05, 3.63) is 0 Å². The predicted molar refractivity (Wildman–Crippen MR) is 62.5 cm³/mol. The third-order valence-electron chi connectivity index (χ3n) is 2.51. The number of ether oxygens (including phenoxy) is 3. The molecule has 0 rings (SSSR count). The molecule has 0 N–H and O–H groups in total. The van der Waals surface area contributed by atoms with E-state index in [1.165, 1.54) is 0 Å². The second kappa shape index (κ2) is 8.98. The molecule has 17 heavy (non-hydrogen) atoms. The van der Waals surface area contributed by atoms with Crippen molar-refractivity contribution < 1.29 is 23.8 Å². The Labute approximate surface area is 102 Å². The summed E-state index contributed by atoms with van der Waals surface area (Å²) in [5.41, 5.74) is 0. The minimum atomic E-state index is -0.477. The van der Waals surface area contributed by atoms with Gasteiger partial charge in [0.05, 0.1) is 6.61 Å². The number of carbonyl (C=O) groups excluding carboxylic acids is 2. The van der Waals surface area contributed by atoms with Crippen LogP contribution in [0.15, 0.2) is 0 Å². The van der Waals surface area contributed by atoms with Crippen LogP contribution in [0.1, 0.15) is 34.1 Å². The summed E-state index contributed by atoms with van der Waals surface area (Å²) >= 11 is 0. The lowest BCUT2D eigenvalue weighted by Crippen LogP contribution is -2.25. The number of carbonyl (C=O) groups is 2. The zero-order valence-electron chi connectivity index (χ0n) is 11.0. The highest BCUT2D eigenvalue weighted by atomic mass is 16.6. The molecule has 0 aliphatic carbocycles. The summed E-state index contributed by atoms with van der Waals surface area (Å²) < 4.78 is 14.6. The molecule has 0 aliphatic heterocycles. The normalized spacial score (nSPS) is 13.9. The van der Waals surface area contributed by atoms with Gasteiger partial charge in [0, 0.05) is 0 Å². The molecule has 2 atom stereocenters. The summed E-state index contributed by atoms with van der Waals surface area (Å²) in [7, 11) is 0. The summed E-state index contributed by atoms with van der Waals surface area (Å²) in [6, 6.07) is 0. The first-order chi connectivity index (χ1) is 8.01. The smallest absolute Gasteiger partial charge is 0.332 e. The summed E-state index contributed by atoms with van der Waals surface area (Å²) in [6.45, 7) is 7.46. The fraction of sp³-hybridized carbons (Fsp3) is 0.833. The number of rotatable bonds is 8. The van der Waals surface area contributed by atoms with Crippen LogP contribution in [0.25, 0.3) is 0 Å². The van der Waals surface area contributed by atoms with Gasteiger partial charge in [-0.2, -0.15) is 0 Å². The summed E-state index contributed by atoms with van der Waals surface area (Å²) in [5, 5.41) is 0. The third kappa shape index (κ3) is 7.74. The Kier molecular flexibility index (Phi) is 8.40. The Balaban J connectivity index is 3.69. The van der Waals surface area contributed by atoms with Gasteiger partial charge in [-0.1, -0.05) is 20.3 Å². The van der Waals surface area contributed by atoms with Crippen LogP contribution >= 0.6 is 0 Å². The lowest BCUT2D eigenvalue weighted by atomic mass is 10.0. The zero-order valence-corrected chi connectivity index (χ0v) is 11.0. The zero-order chi connectivity index (χ0) is 13.3. The van der Waals surface area contributed by atoms with Crippen molar-refractivity contribution in [1.82, 2.24) is 0 Å². The number of hydrogen-bond acceptors (Lipinski definition) is 5. The highest BCUT2D eigenvalue weighted by Gasteiger charge is 2.15. The highest BCUT2D eigenvalue weighted by molar-refractivity contribution is 5.73. The lowest BCUT2D eigenvalue weighted by molar-refractivity contribution is -0.159. The molecular formula is C12H22O5. The molecule has 0 aromatic heterocycles. The predicted octanol–water partition coefficient (Wildman–Crippen LogP) is 1.54. The molecule has 0 aromatic rings. The van der Waals surface area contributed by atoms with Crippen LogP contribution in [-0.2, 0) is 23.8 Å². The van der Waals surface area contributed by atoms with Crippen LogP contribution in [0, 0.1) is 5.92 Å². The molecule has 0 spiro atoms. The largest absolute Gasteiger partial charge is 0.464 e. The van der Waals surface area contributed by atoms with Gasteiger partial charge in [0.25, 0.3) is 0 Å². The summed E-state index contributed by atoms with van der Waals surface area (Å²) in [5.74, 6) is -0.624. The van der Waals surface area contributed by atoms with Gasteiger partial charge < -0.3 is 14.2 Å². The van der Waals surface area contributed by atoms with Crippen molar-refractivity contribution in [2.24, 2.45) is 5.92 Å². The molecule has 100 valence electrons. The number of esters is 2. The molecule has 2 unspecified atom stereocenters. The van der Waals surface area contributed by atoms with Gasteiger partial charge in [0.2, 0.25) is 0 Å². The number of hydrogen-bond donors (Lipinski definition) is 0. The van der Waals surface area contributed by atoms with Gasteiger partial charge in [-0.05, 0) is 19.8 Å². The second-order valence-corrected chi connectivity index (χ2v) is 3.88. The standard InChI is InChI=1S/C12H22O5/c1-5-9(3)10(4)17-12(14)8-15-7-11(13)16-6-2/h9-10H,5-8H2,1-4H3. The molecule has 0 radical (unpaired) electrons. The van der Waals surface area contributed by atoms with Crippen molar-refractivity contribution >= 4 is 11.9 Å². The molecule has 0 saturated heterocycles. The Morgan fingerprint density at radius 3 is 2.18 bits per heavy atom. The van der Waals surface area contributed by atoms with Crippen molar-refractivity contribution in [2.75, 3.05) is 19.8 Å². The van der Waals surface area contributed by atoms with E-state index in [4.69, 9.17) is 9.47 Å². The Bertz CT molecular complexity index is 239. The van der Waals surface area contributed by atoms with Gasteiger partial charge >= 0.3 is 11.9 Å². The maximum absolute atomic E-state index is 11.3. The first kappa shape index (κ1) is 15.9. The molecule has 0 bridgehead atoms. The molecular weight excluding hydrogens is 224 g/mol. The van der Waals surface area contributed by atoms with E-state index in [1.807, 2.05) is 20.8 Å². The monoisotopic (exact) mass is 246 g/mol. The van der Waals surface area contributed by atoms with Crippen molar-refractivity contribution in [1.29, 1.82) is 0 Å². The Morgan fingerprint density at radius 1 is 1.06 bits per heavy atom. The molecule has 0 saturated carbocycles. The molecule has 0 fully saturated rings. The van der Waals surface area contributed by atoms with Crippen LogP contribution in [0.5, 0.6) is 0 Å². The van der Waals surface area contributed by atoms with Gasteiger partial charge in [-0.25, -0.2) is 9.59 Å². The first-order valence-electron chi connectivity index (χ1n) is 5.94. The minimum Gasteiger partial charge on any atom is -0.464 e. The molecule has 0 amide bonds. The minimum absolute atomic E-state index is 0.140. The fourth-order valence-corrected chi connectivity index (χ4v) is 1.11. The molecule has 5 heteroatoms. The lowest BCUT2D eigenvalue weighted by Gasteiger charge is -2.18. The van der Waals surface area contributed by atoms with Crippen LogP contribution in [-0.4, -0.2) is 37.9 Å².